The van der Waals surface area contributed by atoms with E-state index in [9.17, 15) is 9.90 Å². The third kappa shape index (κ3) is 23.5. The Labute approximate surface area is 182 Å². The van der Waals surface area contributed by atoms with Gasteiger partial charge in [0.05, 0.1) is 34.3 Å². The van der Waals surface area contributed by atoms with E-state index in [1.165, 1.54) is 89.9 Å². The van der Waals surface area contributed by atoms with Crippen LogP contribution in [0.4, 0.5) is 0 Å². The Balaban J connectivity index is 3.25. The quantitative estimate of drug-likeness (QED) is 0.139. The number of esters is 1. The van der Waals surface area contributed by atoms with Gasteiger partial charge in [0.25, 0.3) is 0 Å². The molecule has 0 radical (unpaired) electrons. The van der Waals surface area contributed by atoms with E-state index in [1.54, 1.807) is 0 Å². The summed E-state index contributed by atoms with van der Waals surface area (Å²) in [7, 11) is 5.89. The highest BCUT2D eigenvalue weighted by Gasteiger charge is 2.13. The summed E-state index contributed by atoms with van der Waals surface area (Å²) in [6, 6.07) is 0. The fraction of sp³-hybridized carbons (Fsp3) is 0.960. The van der Waals surface area contributed by atoms with Gasteiger partial charge in [-0.05, 0) is 6.42 Å². The van der Waals surface area contributed by atoms with Crippen LogP contribution in [0.3, 0.4) is 0 Å². The molecule has 4 heteroatoms. The van der Waals surface area contributed by atoms with E-state index in [0.29, 0.717) is 17.6 Å². The molecule has 0 heterocycles. The first-order valence-electron chi connectivity index (χ1n) is 12.5. The fourth-order valence-corrected chi connectivity index (χ4v) is 3.76. The van der Waals surface area contributed by atoms with Gasteiger partial charge in [0.2, 0.25) is 0 Å². The van der Waals surface area contributed by atoms with Crippen molar-refractivity contribution < 1.29 is 19.1 Å². The minimum atomic E-state index is -0.867. The molecule has 0 aliphatic rings. The Morgan fingerprint density at radius 3 is 1.48 bits per heavy atom. The van der Waals surface area contributed by atoms with Gasteiger partial charge in [-0.15, -0.1) is 0 Å². The van der Waals surface area contributed by atoms with Crippen LogP contribution >= 0.6 is 0 Å². The first-order valence-corrected chi connectivity index (χ1v) is 12.5. The zero-order valence-corrected chi connectivity index (χ0v) is 20.2. The Hall–Kier alpha value is -0.610. The van der Waals surface area contributed by atoms with Crippen LogP contribution in [0.5, 0.6) is 0 Å². The molecule has 1 atom stereocenters. The third-order valence-corrected chi connectivity index (χ3v) is 5.41. The number of quaternary nitrogens is 1. The average molecular weight is 414 g/mol. The second-order valence-electron chi connectivity index (χ2n) is 9.82. The van der Waals surface area contributed by atoms with Crippen molar-refractivity contribution in [3.8, 4) is 0 Å². The molecule has 0 bridgehead atoms. The van der Waals surface area contributed by atoms with E-state index in [-0.39, 0.29) is 12.4 Å². The summed E-state index contributed by atoms with van der Waals surface area (Å²) in [5, 5.41) is 11.8. The van der Waals surface area contributed by atoms with Gasteiger partial charge in [-0.1, -0.05) is 109 Å². The van der Waals surface area contributed by atoms with Crippen LogP contribution in [-0.4, -0.2) is 50.9 Å². The lowest BCUT2D eigenvalue weighted by molar-refractivity contribution is -0.880. The molecular formula is C25H51NO3. The molecule has 0 aromatic rings. The second-order valence-corrected chi connectivity index (χ2v) is 9.82. The Kier molecular flexibility index (Phi) is 19.0. The fourth-order valence-electron chi connectivity index (χ4n) is 3.76. The smallest absolute Gasteiger partial charge is 0.304 e. The number of ether oxygens (including phenoxy) is 1. The van der Waals surface area contributed by atoms with Crippen molar-refractivity contribution in [1.82, 2.24) is 0 Å². The molecule has 0 aliphatic heterocycles. The van der Waals surface area contributed by atoms with E-state index >= 15 is 0 Å². The molecular weight excluding hydrogens is 362 g/mol. The minimum absolute atomic E-state index is 0.00558. The first kappa shape index (κ1) is 28.4. The van der Waals surface area contributed by atoms with Crippen LogP contribution in [0.1, 0.15) is 116 Å². The van der Waals surface area contributed by atoms with Gasteiger partial charge in [0.1, 0.15) is 0 Å². The third-order valence-electron chi connectivity index (χ3n) is 5.41. The molecule has 0 rings (SSSR count). The number of rotatable bonds is 21. The maximum atomic E-state index is 11.8. The molecule has 0 saturated carbocycles. The monoisotopic (exact) mass is 413 g/mol. The van der Waals surface area contributed by atoms with Crippen LogP contribution in [0.2, 0.25) is 0 Å². The van der Waals surface area contributed by atoms with Crippen molar-refractivity contribution in [2.45, 2.75) is 122 Å². The molecule has 0 N–H and O–H groups in total. The SMILES string of the molecule is CCCCCCCCCCCCCCCCCCOC(=O)CC([O-])C[N+](C)(C)C. The highest BCUT2D eigenvalue weighted by Crippen LogP contribution is 2.13. The van der Waals surface area contributed by atoms with E-state index in [2.05, 4.69) is 6.92 Å². The average Bonchev–Trinajstić information content (AvgIpc) is 2.62. The number of nitrogens with zero attached hydrogens (tertiary/aromatic N) is 1. The van der Waals surface area contributed by atoms with E-state index in [1.807, 2.05) is 21.1 Å². The number of likely N-dealkylation sites (N-methyl/N-ethyl adjacent to an activating group) is 1. The molecule has 0 amide bonds. The van der Waals surface area contributed by atoms with Crippen LogP contribution in [0, 0.1) is 0 Å². The zero-order chi connectivity index (χ0) is 21.8. The van der Waals surface area contributed by atoms with E-state index in [4.69, 9.17) is 4.74 Å². The lowest BCUT2D eigenvalue weighted by Gasteiger charge is -2.31. The van der Waals surface area contributed by atoms with Crippen molar-refractivity contribution in [1.29, 1.82) is 0 Å². The molecule has 4 nitrogen and oxygen atoms in total. The molecule has 0 spiro atoms. The molecule has 0 aromatic heterocycles. The van der Waals surface area contributed by atoms with Gasteiger partial charge in [0.15, 0.2) is 0 Å². The minimum Gasteiger partial charge on any atom is -0.848 e. The van der Waals surface area contributed by atoms with Crippen LogP contribution < -0.4 is 5.11 Å². The lowest BCUT2D eigenvalue weighted by Crippen LogP contribution is -2.47. The second kappa shape index (κ2) is 19.4. The normalized spacial score (nSPS) is 12.9. The predicted molar refractivity (Wildman–Crippen MR) is 122 cm³/mol. The van der Waals surface area contributed by atoms with Gasteiger partial charge < -0.3 is 14.3 Å². The Morgan fingerprint density at radius 1 is 0.724 bits per heavy atom. The molecule has 1 unspecified atom stereocenters. The summed E-state index contributed by atoms with van der Waals surface area (Å²) >= 11 is 0. The summed E-state index contributed by atoms with van der Waals surface area (Å²) in [5.74, 6) is -0.334. The van der Waals surface area contributed by atoms with Crippen molar-refractivity contribution in [3.63, 3.8) is 0 Å². The van der Waals surface area contributed by atoms with Gasteiger partial charge >= 0.3 is 5.97 Å². The topological polar surface area (TPSA) is 49.4 Å². The van der Waals surface area contributed by atoms with Crippen molar-refractivity contribution in [2.24, 2.45) is 0 Å². The molecule has 29 heavy (non-hydrogen) atoms. The number of carbonyl (C=O) groups is 1. The highest BCUT2D eigenvalue weighted by molar-refractivity contribution is 5.69. The van der Waals surface area contributed by atoms with Gasteiger partial charge in [-0.3, -0.25) is 4.79 Å². The van der Waals surface area contributed by atoms with E-state index < -0.39 is 6.10 Å². The van der Waals surface area contributed by atoms with Crippen LogP contribution in [-0.2, 0) is 9.53 Å². The first-order chi connectivity index (χ1) is 13.8. The highest BCUT2D eigenvalue weighted by atomic mass is 16.5. The Bertz CT molecular complexity index is 366. The maximum Gasteiger partial charge on any atom is 0.304 e. The largest absolute Gasteiger partial charge is 0.848 e. The predicted octanol–water partition coefficient (Wildman–Crippen LogP) is 5.62. The standard InChI is InChI=1S/C25H51NO3/c1-5-6-7-8-9-10-11-12-13-14-15-16-17-18-19-20-21-29-25(28)22-24(27)23-26(2,3)4/h24H,5-23H2,1-4H3. The zero-order valence-electron chi connectivity index (χ0n) is 20.2. The molecule has 0 aromatic carbocycles. The summed E-state index contributed by atoms with van der Waals surface area (Å²) in [6.45, 7) is 3.19. The maximum absolute atomic E-state index is 11.8. The molecule has 174 valence electrons. The van der Waals surface area contributed by atoms with Gasteiger partial charge in [-0.25, -0.2) is 0 Å². The molecule has 0 fully saturated rings. The van der Waals surface area contributed by atoms with Crippen molar-refractivity contribution in [3.05, 3.63) is 0 Å². The number of unbranched alkanes of at least 4 members (excludes halogenated alkanes) is 15. The molecule has 0 saturated heterocycles. The van der Waals surface area contributed by atoms with Crippen LogP contribution in [0.15, 0.2) is 0 Å². The van der Waals surface area contributed by atoms with Gasteiger partial charge in [-0.2, -0.15) is 0 Å². The van der Waals surface area contributed by atoms with E-state index in [0.717, 1.165) is 12.8 Å². The lowest BCUT2D eigenvalue weighted by atomic mass is 10.0. The summed E-state index contributed by atoms with van der Waals surface area (Å²) in [5.41, 5.74) is 0. The van der Waals surface area contributed by atoms with Crippen LogP contribution in [0.25, 0.3) is 0 Å². The van der Waals surface area contributed by atoms with Gasteiger partial charge in [0, 0.05) is 6.42 Å². The Morgan fingerprint density at radius 2 is 1.10 bits per heavy atom. The number of hydrogen-bond donors (Lipinski definition) is 0. The summed E-state index contributed by atoms with van der Waals surface area (Å²) in [6.07, 6.45) is 20.5. The summed E-state index contributed by atoms with van der Waals surface area (Å²) < 4.78 is 5.78. The molecule has 0 aliphatic carbocycles. The van der Waals surface area contributed by atoms with Crippen molar-refractivity contribution >= 4 is 5.97 Å². The number of carbonyl (C=O) groups excluding carboxylic acids is 1. The number of hydrogen-bond acceptors (Lipinski definition) is 3. The summed E-state index contributed by atoms with van der Waals surface area (Å²) in [4.78, 5) is 11.7. The van der Waals surface area contributed by atoms with Crippen molar-refractivity contribution in [2.75, 3.05) is 34.3 Å².